The van der Waals surface area contributed by atoms with E-state index in [1.165, 1.54) is 18.2 Å². The zero-order valence-corrected chi connectivity index (χ0v) is 12.2. The van der Waals surface area contributed by atoms with Crippen molar-refractivity contribution in [3.8, 4) is 0 Å². The molecule has 0 aliphatic carbocycles. The second-order valence-electron chi connectivity index (χ2n) is 5.49. The van der Waals surface area contributed by atoms with Crippen LogP contribution in [0.5, 0.6) is 0 Å². The van der Waals surface area contributed by atoms with Gasteiger partial charge < -0.3 is 10.5 Å². The Labute approximate surface area is 116 Å². The minimum atomic E-state index is -0.192. The number of methoxy groups -OCH3 is 1. The summed E-state index contributed by atoms with van der Waals surface area (Å²) in [5, 5.41) is 0. The highest BCUT2D eigenvalue weighted by Gasteiger charge is 2.08. The van der Waals surface area contributed by atoms with Crippen molar-refractivity contribution in [1.82, 2.24) is 0 Å². The van der Waals surface area contributed by atoms with Gasteiger partial charge in [-0.3, -0.25) is 4.79 Å². The molecule has 1 aromatic rings. The van der Waals surface area contributed by atoms with Gasteiger partial charge in [0.25, 0.3) is 0 Å². The Balaban J connectivity index is 2.42. The molecule has 0 amide bonds. The zero-order valence-electron chi connectivity index (χ0n) is 12.2. The molecular weight excluding hydrogens is 238 g/mol. The fourth-order valence-corrected chi connectivity index (χ4v) is 2.09. The highest BCUT2D eigenvalue weighted by atomic mass is 16.5. The fraction of sp³-hybridized carbons (Fsp3) is 0.562. The molecule has 0 aliphatic rings. The highest BCUT2D eigenvalue weighted by Crippen LogP contribution is 2.12. The molecule has 0 aromatic heterocycles. The lowest BCUT2D eigenvalue weighted by Gasteiger charge is -2.12. The molecule has 0 radical (unpaired) electrons. The molecule has 1 atom stereocenters. The van der Waals surface area contributed by atoms with Gasteiger partial charge in [0, 0.05) is 12.5 Å². The Morgan fingerprint density at radius 3 is 2.16 bits per heavy atom. The number of nitrogens with two attached hydrogens (primary N) is 1. The summed E-state index contributed by atoms with van der Waals surface area (Å²) in [6, 6.07) is 8.62. The number of rotatable bonds is 7. The van der Waals surface area contributed by atoms with Crippen molar-refractivity contribution >= 4 is 5.97 Å². The van der Waals surface area contributed by atoms with Gasteiger partial charge >= 0.3 is 5.97 Å². The molecule has 0 saturated carbocycles. The monoisotopic (exact) mass is 263 g/mol. The summed E-state index contributed by atoms with van der Waals surface area (Å²) in [6.07, 6.45) is 2.97. The van der Waals surface area contributed by atoms with Crippen LogP contribution in [0.3, 0.4) is 0 Å². The van der Waals surface area contributed by atoms with E-state index in [1.54, 1.807) is 0 Å². The van der Waals surface area contributed by atoms with Gasteiger partial charge in [-0.25, -0.2) is 0 Å². The lowest BCUT2D eigenvalue weighted by atomic mass is 9.98. The van der Waals surface area contributed by atoms with E-state index in [1.807, 2.05) is 0 Å². The van der Waals surface area contributed by atoms with Gasteiger partial charge in [-0.05, 0) is 36.3 Å². The Morgan fingerprint density at radius 2 is 1.68 bits per heavy atom. The van der Waals surface area contributed by atoms with Crippen molar-refractivity contribution in [1.29, 1.82) is 0 Å². The van der Waals surface area contributed by atoms with Gasteiger partial charge in [-0.15, -0.1) is 0 Å². The lowest BCUT2D eigenvalue weighted by molar-refractivity contribution is -0.140. The van der Waals surface area contributed by atoms with Crippen molar-refractivity contribution in [2.45, 2.75) is 45.6 Å². The molecule has 0 saturated heterocycles. The third-order valence-corrected chi connectivity index (χ3v) is 3.11. The smallest absolute Gasteiger partial charge is 0.305 e. The van der Waals surface area contributed by atoms with Crippen LogP contribution in [-0.2, 0) is 22.4 Å². The van der Waals surface area contributed by atoms with Crippen LogP contribution >= 0.6 is 0 Å². The standard InChI is InChI=1S/C16H25NO2/c1-12(2)10-13-4-6-14(7-5-13)11-15(17)8-9-16(18)19-3/h4-7,12,15H,8-11,17H2,1-3H3. The number of carbonyl (C=O) groups is 1. The van der Waals surface area contributed by atoms with Crippen LogP contribution in [0.25, 0.3) is 0 Å². The molecule has 2 N–H and O–H groups in total. The maximum absolute atomic E-state index is 11.0. The van der Waals surface area contributed by atoms with Gasteiger partial charge in [0.1, 0.15) is 0 Å². The third kappa shape index (κ3) is 6.39. The first-order chi connectivity index (χ1) is 9.01. The van der Waals surface area contributed by atoms with Crippen LogP contribution in [0.2, 0.25) is 0 Å². The normalized spacial score (nSPS) is 12.5. The van der Waals surface area contributed by atoms with E-state index >= 15 is 0 Å². The Bertz CT molecular complexity index is 384. The molecule has 1 unspecified atom stereocenters. The lowest BCUT2D eigenvalue weighted by Crippen LogP contribution is -2.24. The molecule has 0 heterocycles. The van der Waals surface area contributed by atoms with E-state index in [0.29, 0.717) is 18.8 Å². The molecule has 19 heavy (non-hydrogen) atoms. The van der Waals surface area contributed by atoms with E-state index in [-0.39, 0.29) is 12.0 Å². The van der Waals surface area contributed by atoms with Gasteiger partial charge in [0.2, 0.25) is 0 Å². The molecule has 1 rings (SSSR count). The Hall–Kier alpha value is -1.35. The minimum Gasteiger partial charge on any atom is -0.469 e. The van der Waals surface area contributed by atoms with Crippen LogP contribution in [0.1, 0.15) is 37.8 Å². The summed E-state index contributed by atoms with van der Waals surface area (Å²) in [5.74, 6) is 0.482. The third-order valence-electron chi connectivity index (χ3n) is 3.11. The molecule has 0 spiro atoms. The second-order valence-corrected chi connectivity index (χ2v) is 5.49. The molecule has 1 aromatic carbocycles. The summed E-state index contributed by atoms with van der Waals surface area (Å²) in [7, 11) is 1.40. The number of ether oxygens (including phenoxy) is 1. The first-order valence-corrected chi connectivity index (χ1v) is 6.91. The molecular formula is C16H25NO2. The maximum Gasteiger partial charge on any atom is 0.305 e. The SMILES string of the molecule is COC(=O)CCC(N)Cc1ccc(CC(C)C)cc1. The van der Waals surface area contributed by atoms with E-state index in [9.17, 15) is 4.79 Å². The topological polar surface area (TPSA) is 52.3 Å². The van der Waals surface area contributed by atoms with E-state index in [0.717, 1.165) is 12.8 Å². The van der Waals surface area contributed by atoms with Gasteiger partial charge in [0.15, 0.2) is 0 Å². The second kappa shape index (κ2) is 7.95. The average Bonchev–Trinajstić information content (AvgIpc) is 2.37. The van der Waals surface area contributed by atoms with Crippen LogP contribution in [0.4, 0.5) is 0 Å². The quantitative estimate of drug-likeness (QED) is 0.770. The number of hydrogen-bond donors (Lipinski definition) is 1. The van der Waals surface area contributed by atoms with Crippen molar-refractivity contribution in [2.24, 2.45) is 11.7 Å². The Morgan fingerprint density at radius 1 is 1.16 bits per heavy atom. The zero-order chi connectivity index (χ0) is 14.3. The van der Waals surface area contributed by atoms with E-state index in [2.05, 4.69) is 42.8 Å². The van der Waals surface area contributed by atoms with Crippen LogP contribution in [0, 0.1) is 5.92 Å². The molecule has 0 fully saturated rings. The van der Waals surface area contributed by atoms with Crippen LogP contribution < -0.4 is 5.73 Å². The van der Waals surface area contributed by atoms with Crippen molar-refractivity contribution in [3.63, 3.8) is 0 Å². The van der Waals surface area contributed by atoms with E-state index < -0.39 is 0 Å². The van der Waals surface area contributed by atoms with Crippen LogP contribution in [-0.4, -0.2) is 19.1 Å². The number of esters is 1. The summed E-state index contributed by atoms with van der Waals surface area (Å²) >= 11 is 0. The summed E-state index contributed by atoms with van der Waals surface area (Å²) in [6.45, 7) is 4.44. The van der Waals surface area contributed by atoms with Crippen molar-refractivity contribution in [3.05, 3.63) is 35.4 Å². The van der Waals surface area contributed by atoms with E-state index in [4.69, 9.17) is 5.73 Å². The number of benzene rings is 1. The predicted octanol–water partition coefficient (Wildman–Crippen LogP) is 2.71. The molecule has 0 bridgehead atoms. The largest absolute Gasteiger partial charge is 0.469 e. The van der Waals surface area contributed by atoms with Gasteiger partial charge in [-0.2, -0.15) is 0 Å². The molecule has 106 valence electrons. The van der Waals surface area contributed by atoms with Gasteiger partial charge in [-0.1, -0.05) is 38.1 Å². The maximum atomic E-state index is 11.0. The number of carbonyl (C=O) groups excluding carboxylic acids is 1. The summed E-state index contributed by atoms with van der Waals surface area (Å²) in [4.78, 5) is 11.0. The first kappa shape index (κ1) is 15.7. The molecule has 0 aliphatic heterocycles. The van der Waals surface area contributed by atoms with Gasteiger partial charge in [0.05, 0.1) is 7.11 Å². The highest BCUT2D eigenvalue weighted by molar-refractivity contribution is 5.69. The molecule has 3 heteroatoms. The first-order valence-electron chi connectivity index (χ1n) is 6.91. The van der Waals surface area contributed by atoms with Crippen molar-refractivity contribution in [2.75, 3.05) is 7.11 Å². The molecule has 3 nitrogen and oxygen atoms in total. The van der Waals surface area contributed by atoms with Crippen LogP contribution in [0.15, 0.2) is 24.3 Å². The number of hydrogen-bond acceptors (Lipinski definition) is 3. The fourth-order valence-electron chi connectivity index (χ4n) is 2.09. The minimum absolute atomic E-state index is 0.00930. The summed E-state index contributed by atoms with van der Waals surface area (Å²) < 4.78 is 4.61. The summed E-state index contributed by atoms with van der Waals surface area (Å²) in [5.41, 5.74) is 8.61. The van der Waals surface area contributed by atoms with Crippen molar-refractivity contribution < 1.29 is 9.53 Å². The Kier molecular flexibility index (Phi) is 6.57. The predicted molar refractivity (Wildman–Crippen MR) is 77.9 cm³/mol. The average molecular weight is 263 g/mol.